The second-order valence-corrected chi connectivity index (χ2v) is 8.67. The molecule has 0 fully saturated rings. The van der Waals surface area contributed by atoms with Crippen molar-refractivity contribution < 1.29 is 5.11 Å². The Balaban J connectivity index is 1.63. The molecule has 138 valence electrons. The van der Waals surface area contributed by atoms with Crippen molar-refractivity contribution in [3.8, 4) is 0 Å². The Kier molecular flexibility index (Phi) is 5.26. The first-order chi connectivity index (χ1) is 13.0. The monoisotopic (exact) mass is 486 g/mol. The minimum atomic E-state index is -0.502. The van der Waals surface area contributed by atoms with E-state index < -0.39 is 6.10 Å². The maximum absolute atomic E-state index is 10.7. The summed E-state index contributed by atoms with van der Waals surface area (Å²) in [5.74, 6) is 0. The van der Waals surface area contributed by atoms with Gasteiger partial charge in [-0.25, -0.2) is 0 Å². The van der Waals surface area contributed by atoms with Crippen LogP contribution < -0.4 is 5.32 Å². The number of benzene rings is 3. The van der Waals surface area contributed by atoms with Crippen molar-refractivity contribution in [1.29, 1.82) is 0 Å². The van der Waals surface area contributed by atoms with E-state index in [0.717, 1.165) is 25.7 Å². The Morgan fingerprint density at radius 1 is 0.889 bits per heavy atom. The molecule has 0 unspecified atom stereocenters. The number of aromatic nitrogens is 1. The van der Waals surface area contributed by atoms with Crippen LogP contribution in [-0.4, -0.2) is 22.3 Å². The van der Waals surface area contributed by atoms with Crippen LogP contribution in [0.15, 0.2) is 69.6 Å². The molecule has 1 aromatic heterocycles. The summed E-state index contributed by atoms with van der Waals surface area (Å²) >= 11 is 7.14. The van der Waals surface area contributed by atoms with Gasteiger partial charge in [0.15, 0.2) is 0 Å². The molecule has 2 N–H and O–H groups in total. The highest BCUT2D eigenvalue weighted by molar-refractivity contribution is 9.10. The molecule has 4 rings (SSSR count). The largest absolute Gasteiger partial charge is 0.389 e. The van der Waals surface area contributed by atoms with Gasteiger partial charge in [0.05, 0.1) is 12.6 Å². The number of fused-ring (bicyclic) bond motifs is 3. The van der Waals surface area contributed by atoms with Crippen molar-refractivity contribution in [3.05, 3.63) is 75.2 Å². The molecule has 1 heterocycles. The minimum absolute atomic E-state index is 0.497. The van der Waals surface area contributed by atoms with Crippen molar-refractivity contribution in [1.82, 2.24) is 4.57 Å². The molecule has 3 aromatic carbocycles. The summed E-state index contributed by atoms with van der Waals surface area (Å²) in [6.07, 6.45) is -0.502. The van der Waals surface area contributed by atoms with Crippen LogP contribution in [0.3, 0.4) is 0 Å². The van der Waals surface area contributed by atoms with Gasteiger partial charge in [-0.1, -0.05) is 49.6 Å². The van der Waals surface area contributed by atoms with Crippen LogP contribution >= 0.6 is 31.9 Å². The Bertz CT molecular complexity index is 1040. The topological polar surface area (TPSA) is 37.2 Å². The lowest BCUT2D eigenvalue weighted by molar-refractivity contribution is 0.169. The second kappa shape index (κ2) is 7.66. The summed E-state index contributed by atoms with van der Waals surface area (Å²) in [7, 11) is 0. The van der Waals surface area contributed by atoms with Crippen LogP contribution in [0.5, 0.6) is 0 Å². The molecule has 0 spiro atoms. The van der Waals surface area contributed by atoms with E-state index in [1.54, 1.807) is 0 Å². The predicted octanol–water partition coefficient (Wildman–Crippen LogP) is 6.10. The zero-order chi connectivity index (χ0) is 19.0. The van der Waals surface area contributed by atoms with Gasteiger partial charge in [-0.15, -0.1) is 0 Å². The molecule has 1 atom stereocenters. The number of aryl methyl sites for hydroxylation is 1. The standard InChI is InChI=1S/C22H20Br2N2O/c1-14-2-6-17(7-3-14)25-12-18(27)13-26-21-8-4-15(23)10-19(21)20-11-16(24)5-9-22(20)26/h2-11,18,25,27H,12-13H2,1H3/t18-/m1/s1. The molecule has 0 saturated heterocycles. The molecule has 4 aromatic rings. The molecule has 0 aliphatic heterocycles. The maximum Gasteiger partial charge on any atom is 0.0891 e. The van der Waals surface area contributed by atoms with Gasteiger partial charge in [0.2, 0.25) is 0 Å². The zero-order valence-corrected chi connectivity index (χ0v) is 18.1. The number of nitrogens with one attached hydrogen (secondary N) is 1. The number of rotatable bonds is 5. The van der Waals surface area contributed by atoms with Gasteiger partial charge in [-0.05, 0) is 55.5 Å². The first-order valence-corrected chi connectivity index (χ1v) is 10.5. The lowest BCUT2D eigenvalue weighted by Gasteiger charge is -2.16. The Morgan fingerprint density at radius 3 is 2.00 bits per heavy atom. The number of anilines is 1. The third kappa shape index (κ3) is 3.91. The van der Waals surface area contributed by atoms with Gasteiger partial charge in [0.1, 0.15) is 0 Å². The summed E-state index contributed by atoms with van der Waals surface area (Å²) < 4.78 is 4.30. The smallest absolute Gasteiger partial charge is 0.0891 e. The molecule has 27 heavy (non-hydrogen) atoms. The summed E-state index contributed by atoms with van der Waals surface area (Å²) in [6, 6.07) is 20.8. The van der Waals surface area contributed by atoms with Gasteiger partial charge in [0, 0.05) is 43.0 Å². The van der Waals surface area contributed by atoms with Gasteiger partial charge in [0.25, 0.3) is 0 Å². The molecule has 3 nitrogen and oxygen atoms in total. The number of halogens is 2. The van der Waals surface area contributed by atoms with Gasteiger partial charge in [-0.2, -0.15) is 0 Å². The fourth-order valence-corrected chi connectivity index (χ4v) is 4.15. The number of aliphatic hydroxyl groups excluding tert-OH is 1. The molecule has 5 heteroatoms. The van der Waals surface area contributed by atoms with Gasteiger partial charge in [-0.3, -0.25) is 0 Å². The zero-order valence-electron chi connectivity index (χ0n) is 14.9. The quantitative estimate of drug-likeness (QED) is 0.356. The Labute approximate surface area is 175 Å². The molecule has 0 amide bonds. The van der Waals surface area contributed by atoms with Crippen LogP contribution in [0.25, 0.3) is 21.8 Å². The summed E-state index contributed by atoms with van der Waals surface area (Å²) in [5, 5.41) is 16.3. The number of aliphatic hydroxyl groups is 1. The predicted molar refractivity (Wildman–Crippen MR) is 121 cm³/mol. The van der Waals surface area contributed by atoms with E-state index in [1.165, 1.54) is 16.3 Å². The lowest BCUT2D eigenvalue weighted by atomic mass is 10.2. The van der Waals surface area contributed by atoms with E-state index in [0.29, 0.717) is 13.1 Å². The highest BCUT2D eigenvalue weighted by Crippen LogP contribution is 2.33. The molecule has 0 aliphatic carbocycles. The Hall–Kier alpha value is -1.82. The van der Waals surface area contributed by atoms with Crippen LogP contribution in [0.1, 0.15) is 5.56 Å². The van der Waals surface area contributed by atoms with Gasteiger partial charge < -0.3 is 15.0 Å². The van der Waals surface area contributed by atoms with Crippen molar-refractivity contribution in [2.75, 3.05) is 11.9 Å². The lowest BCUT2D eigenvalue weighted by Crippen LogP contribution is -2.24. The van der Waals surface area contributed by atoms with Crippen LogP contribution in [0, 0.1) is 6.92 Å². The van der Waals surface area contributed by atoms with E-state index in [-0.39, 0.29) is 0 Å². The van der Waals surface area contributed by atoms with Crippen LogP contribution in [-0.2, 0) is 6.54 Å². The minimum Gasteiger partial charge on any atom is -0.389 e. The average Bonchev–Trinajstić information content (AvgIpc) is 2.94. The highest BCUT2D eigenvalue weighted by Gasteiger charge is 2.14. The third-order valence-electron chi connectivity index (χ3n) is 4.78. The SMILES string of the molecule is Cc1ccc(NC[C@@H](O)Cn2c3ccc(Br)cc3c3cc(Br)ccc32)cc1. The van der Waals surface area contributed by atoms with Crippen molar-refractivity contribution >= 4 is 59.4 Å². The molecular weight excluding hydrogens is 468 g/mol. The van der Waals surface area contributed by atoms with Crippen molar-refractivity contribution in [2.45, 2.75) is 19.6 Å². The fraction of sp³-hybridized carbons (Fsp3) is 0.182. The van der Waals surface area contributed by atoms with E-state index in [1.807, 2.05) is 24.3 Å². The number of hydrogen-bond donors (Lipinski definition) is 2. The number of hydrogen-bond acceptors (Lipinski definition) is 2. The van der Waals surface area contributed by atoms with E-state index in [9.17, 15) is 5.11 Å². The summed E-state index contributed by atoms with van der Waals surface area (Å²) in [5.41, 5.74) is 4.50. The van der Waals surface area contributed by atoms with Crippen LogP contribution in [0.2, 0.25) is 0 Å². The summed E-state index contributed by atoms with van der Waals surface area (Å²) in [4.78, 5) is 0. The van der Waals surface area contributed by atoms with Crippen molar-refractivity contribution in [2.24, 2.45) is 0 Å². The first-order valence-electron chi connectivity index (χ1n) is 8.87. The molecule has 0 radical (unpaired) electrons. The second-order valence-electron chi connectivity index (χ2n) is 6.83. The molecule has 0 aliphatic rings. The Morgan fingerprint density at radius 2 is 1.44 bits per heavy atom. The number of nitrogens with zero attached hydrogens (tertiary/aromatic N) is 1. The van der Waals surface area contributed by atoms with Gasteiger partial charge >= 0.3 is 0 Å². The molecule has 0 bridgehead atoms. The average molecular weight is 488 g/mol. The normalized spacial score (nSPS) is 12.6. The summed E-state index contributed by atoms with van der Waals surface area (Å²) in [6.45, 7) is 3.09. The first kappa shape index (κ1) is 18.5. The van der Waals surface area contributed by atoms with Crippen LogP contribution in [0.4, 0.5) is 5.69 Å². The van der Waals surface area contributed by atoms with E-state index >= 15 is 0 Å². The maximum atomic E-state index is 10.7. The third-order valence-corrected chi connectivity index (χ3v) is 5.76. The fourth-order valence-electron chi connectivity index (χ4n) is 3.43. The van der Waals surface area contributed by atoms with E-state index in [2.05, 4.69) is 85.1 Å². The molecule has 0 saturated carbocycles. The molecular formula is C22H20Br2N2O. The highest BCUT2D eigenvalue weighted by atomic mass is 79.9. The van der Waals surface area contributed by atoms with Crippen molar-refractivity contribution in [3.63, 3.8) is 0 Å². The van der Waals surface area contributed by atoms with E-state index in [4.69, 9.17) is 0 Å².